The maximum Gasteiger partial charge on any atom is 0.407 e. The fourth-order valence-electron chi connectivity index (χ4n) is 1.81. The number of amides is 1. The van der Waals surface area contributed by atoms with E-state index in [1.165, 1.54) is 18.2 Å². The molecule has 0 spiro atoms. The van der Waals surface area contributed by atoms with E-state index in [-0.39, 0.29) is 12.8 Å². The lowest BCUT2D eigenvalue weighted by Gasteiger charge is -2.23. The lowest BCUT2D eigenvalue weighted by Crippen LogP contribution is -2.41. The van der Waals surface area contributed by atoms with E-state index in [0.29, 0.717) is 5.56 Å². The van der Waals surface area contributed by atoms with Gasteiger partial charge in [0, 0.05) is 6.04 Å². The second-order valence-corrected chi connectivity index (χ2v) is 5.78. The van der Waals surface area contributed by atoms with Crippen LogP contribution < -0.4 is 5.32 Å². The molecule has 0 saturated heterocycles. The molecular formula is C15H20FNO4. The summed E-state index contributed by atoms with van der Waals surface area (Å²) in [6, 6.07) is 5.16. The van der Waals surface area contributed by atoms with Crippen molar-refractivity contribution in [1.29, 1.82) is 0 Å². The molecular weight excluding hydrogens is 277 g/mol. The van der Waals surface area contributed by atoms with Gasteiger partial charge >= 0.3 is 12.1 Å². The molecule has 0 aromatic heterocycles. The Bertz CT molecular complexity index is 511. The average molecular weight is 297 g/mol. The summed E-state index contributed by atoms with van der Waals surface area (Å²) < 4.78 is 18.2. The predicted octanol–water partition coefficient (Wildman–Crippen LogP) is 2.74. The standard InChI is InChI=1S/C15H20FNO4/c1-15(2,3)21-14(20)17-12(9-13(18)19)8-10-5-4-6-11(16)7-10/h4-7,12H,8-9H2,1-3H3,(H,17,20)(H,18,19). The van der Waals surface area contributed by atoms with Gasteiger partial charge in [-0.15, -0.1) is 0 Å². The highest BCUT2D eigenvalue weighted by atomic mass is 19.1. The summed E-state index contributed by atoms with van der Waals surface area (Å²) in [5, 5.41) is 11.4. The molecule has 1 unspecified atom stereocenters. The Hall–Kier alpha value is -2.11. The first kappa shape index (κ1) is 16.9. The number of benzene rings is 1. The van der Waals surface area contributed by atoms with E-state index in [1.807, 2.05) is 0 Å². The molecule has 0 fully saturated rings. The predicted molar refractivity (Wildman–Crippen MR) is 75.5 cm³/mol. The summed E-state index contributed by atoms with van der Waals surface area (Å²) in [6.07, 6.45) is -0.746. The molecule has 0 bridgehead atoms. The zero-order chi connectivity index (χ0) is 16.0. The third-order valence-electron chi connectivity index (χ3n) is 2.51. The number of carbonyl (C=O) groups is 2. The van der Waals surface area contributed by atoms with Gasteiger partial charge in [-0.3, -0.25) is 4.79 Å². The van der Waals surface area contributed by atoms with Crippen molar-refractivity contribution in [3.63, 3.8) is 0 Å². The van der Waals surface area contributed by atoms with Gasteiger partial charge in [0.25, 0.3) is 0 Å². The molecule has 0 heterocycles. The molecule has 0 radical (unpaired) electrons. The minimum Gasteiger partial charge on any atom is -0.481 e. The molecule has 1 amide bonds. The SMILES string of the molecule is CC(C)(C)OC(=O)NC(CC(=O)O)Cc1cccc(F)c1. The molecule has 1 rings (SSSR count). The van der Waals surface area contributed by atoms with E-state index in [4.69, 9.17) is 9.84 Å². The number of rotatable bonds is 5. The number of carbonyl (C=O) groups excluding carboxylic acids is 1. The Morgan fingerprint density at radius 3 is 2.57 bits per heavy atom. The highest BCUT2D eigenvalue weighted by Crippen LogP contribution is 2.11. The smallest absolute Gasteiger partial charge is 0.407 e. The summed E-state index contributed by atoms with van der Waals surface area (Å²) in [5.74, 6) is -1.45. The van der Waals surface area contributed by atoms with Crippen molar-refractivity contribution in [1.82, 2.24) is 5.32 Å². The molecule has 0 aliphatic heterocycles. The normalized spacial score (nSPS) is 12.6. The molecule has 0 saturated carbocycles. The van der Waals surface area contributed by atoms with Gasteiger partial charge in [0.05, 0.1) is 6.42 Å². The van der Waals surface area contributed by atoms with Gasteiger partial charge in [-0.1, -0.05) is 12.1 Å². The second-order valence-electron chi connectivity index (χ2n) is 5.78. The minimum atomic E-state index is -1.05. The zero-order valence-electron chi connectivity index (χ0n) is 12.4. The Kier molecular flexibility index (Phi) is 5.69. The van der Waals surface area contributed by atoms with Crippen LogP contribution in [0.4, 0.5) is 9.18 Å². The van der Waals surface area contributed by atoms with E-state index < -0.39 is 29.5 Å². The van der Waals surface area contributed by atoms with Crippen molar-refractivity contribution in [3.8, 4) is 0 Å². The zero-order valence-corrected chi connectivity index (χ0v) is 12.4. The van der Waals surface area contributed by atoms with Crippen molar-refractivity contribution >= 4 is 12.1 Å². The van der Waals surface area contributed by atoms with Crippen LogP contribution in [0.25, 0.3) is 0 Å². The van der Waals surface area contributed by atoms with Crippen LogP contribution in [-0.4, -0.2) is 28.8 Å². The number of nitrogens with one attached hydrogen (secondary N) is 1. The molecule has 1 atom stereocenters. The molecule has 6 heteroatoms. The Morgan fingerprint density at radius 1 is 1.38 bits per heavy atom. The molecule has 5 nitrogen and oxygen atoms in total. The summed E-state index contributed by atoms with van der Waals surface area (Å²) >= 11 is 0. The molecule has 2 N–H and O–H groups in total. The first-order valence-electron chi connectivity index (χ1n) is 6.61. The molecule has 1 aromatic rings. The van der Waals surface area contributed by atoms with Crippen LogP contribution in [0.3, 0.4) is 0 Å². The number of hydrogen-bond acceptors (Lipinski definition) is 3. The number of aliphatic carboxylic acids is 1. The topological polar surface area (TPSA) is 75.6 Å². The van der Waals surface area contributed by atoms with Gasteiger partial charge in [0.1, 0.15) is 11.4 Å². The van der Waals surface area contributed by atoms with Crippen LogP contribution in [0.5, 0.6) is 0 Å². The number of alkyl carbamates (subject to hydrolysis) is 1. The number of hydrogen-bond donors (Lipinski definition) is 2. The summed E-state index contributed by atoms with van der Waals surface area (Å²) in [4.78, 5) is 22.6. The van der Waals surface area contributed by atoms with Crippen LogP contribution in [0.1, 0.15) is 32.8 Å². The first-order valence-corrected chi connectivity index (χ1v) is 6.61. The van der Waals surface area contributed by atoms with Gasteiger partial charge in [-0.25, -0.2) is 9.18 Å². The first-order chi connectivity index (χ1) is 9.65. The summed E-state index contributed by atoms with van der Waals surface area (Å²) in [5.41, 5.74) is -0.0613. The molecule has 21 heavy (non-hydrogen) atoms. The fourth-order valence-corrected chi connectivity index (χ4v) is 1.81. The third-order valence-corrected chi connectivity index (χ3v) is 2.51. The lowest BCUT2D eigenvalue weighted by molar-refractivity contribution is -0.137. The lowest BCUT2D eigenvalue weighted by atomic mass is 10.0. The highest BCUT2D eigenvalue weighted by molar-refractivity contribution is 5.71. The number of carboxylic acid groups (broad SMARTS) is 1. The second kappa shape index (κ2) is 7.06. The molecule has 0 aliphatic carbocycles. The summed E-state index contributed by atoms with van der Waals surface area (Å²) in [6.45, 7) is 5.14. The Labute approximate surface area is 123 Å². The van der Waals surface area contributed by atoms with Gasteiger partial charge in [0.15, 0.2) is 0 Å². The Morgan fingerprint density at radius 2 is 2.05 bits per heavy atom. The van der Waals surface area contributed by atoms with Gasteiger partial charge < -0.3 is 15.2 Å². The number of halogens is 1. The Balaban J connectivity index is 2.72. The van der Waals surface area contributed by atoms with E-state index in [1.54, 1.807) is 26.8 Å². The van der Waals surface area contributed by atoms with Gasteiger partial charge in [-0.2, -0.15) is 0 Å². The fraction of sp³-hybridized carbons (Fsp3) is 0.467. The van der Waals surface area contributed by atoms with E-state index in [9.17, 15) is 14.0 Å². The van der Waals surface area contributed by atoms with Crippen LogP contribution >= 0.6 is 0 Å². The van der Waals surface area contributed by atoms with Crippen LogP contribution in [-0.2, 0) is 16.0 Å². The van der Waals surface area contributed by atoms with Crippen LogP contribution in [0, 0.1) is 5.82 Å². The van der Waals surface area contributed by atoms with E-state index in [2.05, 4.69) is 5.32 Å². The third kappa shape index (κ3) is 7.29. The van der Waals surface area contributed by atoms with Crippen molar-refractivity contribution < 1.29 is 23.8 Å². The average Bonchev–Trinajstić information content (AvgIpc) is 2.24. The van der Waals surface area contributed by atoms with Gasteiger partial charge in [0.2, 0.25) is 0 Å². The van der Waals surface area contributed by atoms with E-state index in [0.717, 1.165) is 0 Å². The van der Waals surface area contributed by atoms with Crippen LogP contribution in [0.2, 0.25) is 0 Å². The maximum atomic E-state index is 13.1. The van der Waals surface area contributed by atoms with Gasteiger partial charge in [-0.05, 0) is 44.9 Å². The maximum absolute atomic E-state index is 13.1. The monoisotopic (exact) mass is 297 g/mol. The number of carboxylic acids is 1. The van der Waals surface area contributed by atoms with Crippen molar-refractivity contribution in [3.05, 3.63) is 35.6 Å². The quantitative estimate of drug-likeness (QED) is 0.876. The minimum absolute atomic E-state index is 0.212. The molecule has 1 aromatic carbocycles. The largest absolute Gasteiger partial charge is 0.481 e. The molecule has 116 valence electrons. The number of ether oxygens (including phenoxy) is 1. The summed E-state index contributed by atoms with van der Waals surface area (Å²) in [7, 11) is 0. The van der Waals surface area contributed by atoms with Crippen molar-refractivity contribution in [2.75, 3.05) is 0 Å². The van der Waals surface area contributed by atoms with E-state index >= 15 is 0 Å². The van der Waals surface area contributed by atoms with Crippen LogP contribution in [0.15, 0.2) is 24.3 Å². The molecule has 0 aliphatic rings. The highest BCUT2D eigenvalue weighted by Gasteiger charge is 2.21. The van der Waals surface area contributed by atoms with Crippen molar-refractivity contribution in [2.45, 2.75) is 45.3 Å². The van der Waals surface area contributed by atoms with Crippen molar-refractivity contribution in [2.24, 2.45) is 0 Å².